The fourth-order valence-corrected chi connectivity index (χ4v) is 1.62. The zero-order valence-electron chi connectivity index (χ0n) is 11.7. The first-order valence-electron chi connectivity index (χ1n) is 6.45. The highest BCUT2D eigenvalue weighted by Gasteiger charge is 2.33. The van der Waals surface area contributed by atoms with Gasteiger partial charge in [0.05, 0.1) is 12.2 Å². The number of nitrogens with two attached hydrogens (primary N) is 1. The SMILES string of the molecule is CC(C)COCCOc1ccc(CN)c(C(F)(F)F)c1. The van der Waals surface area contributed by atoms with Crippen molar-refractivity contribution in [3.63, 3.8) is 0 Å². The van der Waals surface area contributed by atoms with E-state index in [4.69, 9.17) is 15.2 Å². The monoisotopic (exact) mass is 291 g/mol. The Kier molecular flexibility index (Phi) is 6.29. The van der Waals surface area contributed by atoms with Crippen molar-refractivity contribution in [2.24, 2.45) is 11.7 Å². The Morgan fingerprint density at radius 1 is 1.20 bits per heavy atom. The Bertz CT molecular complexity index is 419. The van der Waals surface area contributed by atoms with Crippen LogP contribution in [0, 0.1) is 5.92 Å². The van der Waals surface area contributed by atoms with Gasteiger partial charge in [-0.05, 0) is 23.6 Å². The van der Waals surface area contributed by atoms with Crippen LogP contribution in [0.25, 0.3) is 0 Å². The number of ether oxygens (including phenoxy) is 2. The largest absolute Gasteiger partial charge is 0.491 e. The molecule has 0 spiro atoms. The summed E-state index contributed by atoms with van der Waals surface area (Å²) in [4.78, 5) is 0. The molecule has 0 heterocycles. The molecule has 1 aromatic carbocycles. The van der Waals surface area contributed by atoms with Crippen molar-refractivity contribution in [1.82, 2.24) is 0 Å². The molecule has 1 rings (SSSR count). The highest BCUT2D eigenvalue weighted by molar-refractivity contribution is 5.37. The minimum absolute atomic E-state index is 0.0564. The molecule has 0 saturated heterocycles. The van der Waals surface area contributed by atoms with E-state index in [1.54, 1.807) is 0 Å². The zero-order valence-corrected chi connectivity index (χ0v) is 11.7. The van der Waals surface area contributed by atoms with Gasteiger partial charge in [0.15, 0.2) is 0 Å². The van der Waals surface area contributed by atoms with Gasteiger partial charge in [-0.3, -0.25) is 0 Å². The van der Waals surface area contributed by atoms with Crippen LogP contribution in [0.3, 0.4) is 0 Å². The van der Waals surface area contributed by atoms with E-state index in [1.807, 2.05) is 13.8 Å². The van der Waals surface area contributed by atoms with Crippen LogP contribution in [0.2, 0.25) is 0 Å². The van der Waals surface area contributed by atoms with Crippen molar-refractivity contribution >= 4 is 0 Å². The molecule has 0 fully saturated rings. The van der Waals surface area contributed by atoms with Crippen molar-refractivity contribution in [2.75, 3.05) is 19.8 Å². The van der Waals surface area contributed by atoms with Gasteiger partial charge in [0.25, 0.3) is 0 Å². The van der Waals surface area contributed by atoms with Crippen LogP contribution >= 0.6 is 0 Å². The van der Waals surface area contributed by atoms with Crippen LogP contribution in [0.15, 0.2) is 18.2 Å². The molecule has 0 aliphatic carbocycles. The van der Waals surface area contributed by atoms with Gasteiger partial charge in [-0.1, -0.05) is 19.9 Å². The number of benzene rings is 1. The van der Waals surface area contributed by atoms with Crippen LogP contribution in [-0.2, 0) is 17.5 Å². The van der Waals surface area contributed by atoms with Crippen LogP contribution in [0.5, 0.6) is 5.75 Å². The lowest BCUT2D eigenvalue weighted by Crippen LogP contribution is -2.13. The fraction of sp³-hybridized carbons (Fsp3) is 0.571. The van der Waals surface area contributed by atoms with E-state index in [9.17, 15) is 13.2 Å². The molecule has 1 aromatic rings. The van der Waals surface area contributed by atoms with Crippen molar-refractivity contribution in [1.29, 1.82) is 0 Å². The third kappa shape index (κ3) is 5.38. The fourth-order valence-electron chi connectivity index (χ4n) is 1.62. The maximum Gasteiger partial charge on any atom is 0.416 e. The topological polar surface area (TPSA) is 44.5 Å². The Morgan fingerprint density at radius 2 is 1.90 bits per heavy atom. The van der Waals surface area contributed by atoms with Gasteiger partial charge in [0.2, 0.25) is 0 Å². The molecule has 0 aliphatic rings. The Labute approximate surface area is 116 Å². The van der Waals surface area contributed by atoms with Crippen LogP contribution in [0.4, 0.5) is 13.2 Å². The smallest absolute Gasteiger partial charge is 0.416 e. The van der Waals surface area contributed by atoms with Crippen molar-refractivity contribution in [2.45, 2.75) is 26.6 Å². The second-order valence-corrected chi connectivity index (χ2v) is 4.84. The standard InChI is InChI=1S/C14H20F3NO2/c1-10(2)9-19-5-6-20-12-4-3-11(8-18)13(7-12)14(15,16)17/h3-4,7,10H,5-6,8-9,18H2,1-2H3. The highest BCUT2D eigenvalue weighted by Crippen LogP contribution is 2.34. The average molecular weight is 291 g/mol. The molecule has 0 amide bonds. The lowest BCUT2D eigenvalue weighted by molar-refractivity contribution is -0.138. The van der Waals surface area contributed by atoms with Gasteiger partial charge >= 0.3 is 6.18 Å². The van der Waals surface area contributed by atoms with Gasteiger partial charge in [0, 0.05) is 13.2 Å². The van der Waals surface area contributed by atoms with E-state index in [0.29, 0.717) is 19.1 Å². The predicted molar refractivity (Wildman–Crippen MR) is 70.5 cm³/mol. The van der Waals surface area contributed by atoms with E-state index in [2.05, 4.69) is 0 Å². The molecule has 20 heavy (non-hydrogen) atoms. The van der Waals surface area contributed by atoms with Crippen molar-refractivity contribution < 1.29 is 22.6 Å². The second kappa shape index (κ2) is 7.50. The molecule has 114 valence electrons. The molecule has 0 aromatic heterocycles. The zero-order chi connectivity index (χ0) is 15.2. The molecular formula is C14H20F3NO2. The van der Waals surface area contributed by atoms with Gasteiger partial charge in [-0.25, -0.2) is 0 Å². The van der Waals surface area contributed by atoms with Crippen molar-refractivity contribution in [3.8, 4) is 5.75 Å². The quantitative estimate of drug-likeness (QED) is 0.785. The van der Waals surface area contributed by atoms with Gasteiger partial charge in [-0.2, -0.15) is 13.2 Å². The molecule has 0 aliphatic heterocycles. The normalized spacial score (nSPS) is 11.9. The van der Waals surface area contributed by atoms with Crippen LogP contribution < -0.4 is 10.5 Å². The Morgan fingerprint density at radius 3 is 2.45 bits per heavy atom. The number of halogens is 3. The molecule has 3 nitrogen and oxygen atoms in total. The first-order chi connectivity index (χ1) is 9.34. The number of alkyl halides is 3. The first-order valence-corrected chi connectivity index (χ1v) is 6.45. The minimum atomic E-state index is -4.43. The van der Waals surface area contributed by atoms with Gasteiger partial charge in [0.1, 0.15) is 12.4 Å². The van der Waals surface area contributed by atoms with Gasteiger partial charge in [-0.15, -0.1) is 0 Å². The predicted octanol–water partition coefficient (Wildman–Crippen LogP) is 3.22. The molecule has 6 heteroatoms. The Hall–Kier alpha value is -1.27. The molecule has 0 radical (unpaired) electrons. The first kappa shape index (κ1) is 16.8. The third-order valence-electron chi connectivity index (χ3n) is 2.55. The van der Waals surface area contributed by atoms with Crippen molar-refractivity contribution in [3.05, 3.63) is 29.3 Å². The Balaban J connectivity index is 2.59. The highest BCUT2D eigenvalue weighted by atomic mass is 19.4. The number of hydrogen-bond donors (Lipinski definition) is 1. The van der Waals surface area contributed by atoms with E-state index >= 15 is 0 Å². The second-order valence-electron chi connectivity index (χ2n) is 4.84. The lowest BCUT2D eigenvalue weighted by atomic mass is 10.1. The summed E-state index contributed by atoms with van der Waals surface area (Å²) < 4.78 is 49.0. The molecule has 0 saturated carbocycles. The molecule has 2 N–H and O–H groups in total. The van der Waals surface area contributed by atoms with E-state index in [-0.39, 0.29) is 24.5 Å². The summed E-state index contributed by atoms with van der Waals surface area (Å²) in [7, 11) is 0. The van der Waals surface area contributed by atoms with Crippen LogP contribution in [0.1, 0.15) is 25.0 Å². The maximum absolute atomic E-state index is 12.8. The summed E-state index contributed by atoms with van der Waals surface area (Å²) in [5.41, 5.74) is 4.61. The maximum atomic E-state index is 12.8. The summed E-state index contributed by atoms with van der Waals surface area (Å²) in [5, 5.41) is 0. The average Bonchev–Trinajstić information content (AvgIpc) is 2.36. The van der Waals surface area contributed by atoms with E-state index < -0.39 is 11.7 Å². The molecule has 0 bridgehead atoms. The number of rotatable bonds is 7. The molecular weight excluding hydrogens is 271 g/mol. The summed E-state index contributed by atoms with van der Waals surface area (Å²) >= 11 is 0. The lowest BCUT2D eigenvalue weighted by Gasteiger charge is -2.14. The molecule has 0 atom stereocenters. The van der Waals surface area contributed by atoms with E-state index in [0.717, 1.165) is 6.07 Å². The third-order valence-corrected chi connectivity index (χ3v) is 2.55. The van der Waals surface area contributed by atoms with Gasteiger partial charge < -0.3 is 15.2 Å². The summed E-state index contributed by atoms with van der Waals surface area (Å²) in [6, 6.07) is 3.80. The summed E-state index contributed by atoms with van der Waals surface area (Å²) in [6.07, 6.45) is -4.43. The number of hydrogen-bond acceptors (Lipinski definition) is 3. The molecule has 0 unspecified atom stereocenters. The summed E-state index contributed by atoms with van der Waals surface area (Å²) in [5.74, 6) is 0.582. The van der Waals surface area contributed by atoms with E-state index in [1.165, 1.54) is 12.1 Å². The summed E-state index contributed by atoms with van der Waals surface area (Å²) in [6.45, 7) is 5.03. The minimum Gasteiger partial charge on any atom is -0.491 e. The van der Waals surface area contributed by atoms with Crippen LogP contribution in [-0.4, -0.2) is 19.8 Å².